The summed E-state index contributed by atoms with van der Waals surface area (Å²) < 4.78 is 34.5. The summed E-state index contributed by atoms with van der Waals surface area (Å²) in [6.45, 7) is 5.12. The first-order valence-electron chi connectivity index (χ1n) is 15.6. The van der Waals surface area contributed by atoms with E-state index in [0.717, 1.165) is 51.1 Å². The molecule has 5 aliphatic rings. The van der Waals surface area contributed by atoms with Crippen molar-refractivity contribution in [2.75, 3.05) is 51.5 Å². The number of morpholine rings is 1. The second-order valence-electron chi connectivity index (χ2n) is 12.4. The predicted octanol–water partition coefficient (Wildman–Crippen LogP) is 3.52. The fraction of sp³-hybridized carbons (Fsp3) is 0.455. The van der Waals surface area contributed by atoms with Gasteiger partial charge in [-0.15, -0.1) is 0 Å². The van der Waals surface area contributed by atoms with E-state index in [1.54, 1.807) is 24.0 Å². The van der Waals surface area contributed by atoms with Crippen molar-refractivity contribution in [2.24, 2.45) is 0 Å². The average Bonchev–Trinajstić information content (AvgIpc) is 3.58. The maximum Gasteiger partial charge on any atom is 0.212 e. The van der Waals surface area contributed by atoms with E-state index in [2.05, 4.69) is 30.9 Å². The van der Waals surface area contributed by atoms with Gasteiger partial charge in [0.05, 0.1) is 43.8 Å². The van der Waals surface area contributed by atoms with Crippen LogP contribution in [0, 0.1) is 17.1 Å². The normalized spacial score (nSPS) is 24.4. The van der Waals surface area contributed by atoms with Crippen molar-refractivity contribution in [2.45, 2.75) is 50.0 Å². The highest BCUT2D eigenvalue weighted by Crippen LogP contribution is 2.38. The summed E-state index contributed by atoms with van der Waals surface area (Å²) >= 11 is 0. The molecular formula is C33H35FN8O3. The molecule has 0 aromatic carbocycles. The minimum absolute atomic E-state index is 0.331. The molecule has 5 aliphatic heterocycles. The Hall–Kier alpha value is -4.31. The summed E-state index contributed by atoms with van der Waals surface area (Å²) in [5, 5.41) is 14.2. The van der Waals surface area contributed by atoms with Crippen molar-refractivity contribution >= 4 is 11.3 Å². The molecule has 5 fully saturated rings. The van der Waals surface area contributed by atoms with Crippen molar-refractivity contribution in [3.8, 4) is 28.8 Å². The van der Waals surface area contributed by atoms with Crippen LogP contribution in [0.1, 0.15) is 30.4 Å². The highest BCUT2D eigenvalue weighted by Gasteiger charge is 2.45. The molecule has 9 rings (SSSR count). The van der Waals surface area contributed by atoms with E-state index in [9.17, 15) is 5.26 Å². The molecule has 45 heavy (non-hydrogen) atoms. The van der Waals surface area contributed by atoms with Crippen LogP contribution in [0.2, 0.25) is 0 Å². The Morgan fingerprint density at radius 2 is 1.84 bits per heavy atom. The quantitative estimate of drug-likeness (QED) is 0.280. The van der Waals surface area contributed by atoms with Gasteiger partial charge in [-0.05, 0) is 37.0 Å². The number of ether oxygens (including phenoxy) is 3. The molecule has 4 bridgehead atoms. The van der Waals surface area contributed by atoms with E-state index in [1.807, 2.05) is 29.3 Å². The molecule has 232 valence electrons. The Morgan fingerprint density at radius 1 is 1.02 bits per heavy atom. The molecule has 0 spiro atoms. The highest BCUT2D eigenvalue weighted by molar-refractivity contribution is 5.85. The summed E-state index contributed by atoms with van der Waals surface area (Å²) in [7, 11) is 1.61. The SMILES string of the molecule is COc1ccc(CN2C3CC2CN(c2ncc(-c4cc(OCCN5C6CCC5COC6)cn5ncc(C#N)c45)cc2F)C3)cn1. The first-order valence-corrected chi connectivity index (χ1v) is 15.6. The molecule has 4 aromatic rings. The standard InChI is InChI=1S/C33H35FN8O3/c1-43-31-5-2-21(12-36-31)15-41-26-9-27(41)17-39(16-26)33-30(34)8-22(13-37-33)29-10-28(18-42-32(29)23(11-35)14-38-42)45-7-6-40-24-3-4-25(40)20-44-19-24/h2,5,8,10,12-14,18,24-27H,3-4,6-7,9,15-17,19-20H2,1H3. The number of hydrogen-bond acceptors (Lipinski definition) is 10. The predicted molar refractivity (Wildman–Crippen MR) is 164 cm³/mol. The summed E-state index contributed by atoms with van der Waals surface area (Å²) in [6.07, 6.45) is 10.3. The number of hydrogen-bond donors (Lipinski definition) is 0. The van der Waals surface area contributed by atoms with Gasteiger partial charge in [0.25, 0.3) is 0 Å². The number of anilines is 1. The Kier molecular flexibility index (Phi) is 7.24. The Balaban J connectivity index is 0.988. The summed E-state index contributed by atoms with van der Waals surface area (Å²) in [4.78, 5) is 15.9. The topological polar surface area (TPSA) is 104 Å². The molecule has 0 radical (unpaired) electrons. The van der Waals surface area contributed by atoms with Crippen LogP contribution < -0.4 is 14.4 Å². The summed E-state index contributed by atoms with van der Waals surface area (Å²) in [5.41, 5.74) is 3.38. The lowest BCUT2D eigenvalue weighted by atomic mass is 9.87. The Labute approximate surface area is 260 Å². The molecule has 0 saturated carbocycles. The monoisotopic (exact) mass is 610 g/mol. The molecule has 0 aliphatic carbocycles. The third-order valence-electron chi connectivity index (χ3n) is 9.87. The third kappa shape index (κ3) is 5.14. The van der Waals surface area contributed by atoms with Crippen LogP contribution in [-0.2, 0) is 11.3 Å². The second kappa shape index (κ2) is 11.6. The summed E-state index contributed by atoms with van der Waals surface area (Å²) in [5.74, 6) is 1.19. The van der Waals surface area contributed by atoms with Gasteiger partial charge in [0, 0.05) is 79.9 Å². The zero-order valence-corrected chi connectivity index (χ0v) is 25.2. The molecule has 5 saturated heterocycles. The fourth-order valence-electron chi connectivity index (χ4n) is 7.59. The van der Waals surface area contributed by atoms with Crippen molar-refractivity contribution in [1.82, 2.24) is 29.4 Å². The zero-order chi connectivity index (χ0) is 30.5. The van der Waals surface area contributed by atoms with E-state index in [-0.39, 0.29) is 5.82 Å². The number of fused-ring (bicyclic) bond motifs is 5. The van der Waals surface area contributed by atoms with Crippen molar-refractivity contribution in [3.05, 3.63) is 66.0 Å². The van der Waals surface area contributed by atoms with Crippen molar-refractivity contribution in [3.63, 3.8) is 0 Å². The Bertz CT molecular complexity index is 1730. The van der Waals surface area contributed by atoms with Gasteiger partial charge in [0.1, 0.15) is 18.4 Å². The minimum Gasteiger partial charge on any atom is -0.491 e. The van der Waals surface area contributed by atoms with E-state index >= 15 is 4.39 Å². The van der Waals surface area contributed by atoms with Crippen LogP contribution in [0.4, 0.5) is 10.2 Å². The van der Waals surface area contributed by atoms with Crippen LogP contribution in [0.25, 0.3) is 16.6 Å². The van der Waals surface area contributed by atoms with E-state index in [1.165, 1.54) is 12.3 Å². The fourth-order valence-corrected chi connectivity index (χ4v) is 7.59. The molecule has 0 amide bonds. The maximum atomic E-state index is 15.8. The first-order chi connectivity index (χ1) is 22.1. The van der Waals surface area contributed by atoms with E-state index in [4.69, 9.17) is 14.2 Å². The molecule has 12 heteroatoms. The smallest absolute Gasteiger partial charge is 0.212 e. The van der Waals surface area contributed by atoms with Crippen LogP contribution in [0.5, 0.6) is 11.6 Å². The van der Waals surface area contributed by atoms with Gasteiger partial charge < -0.3 is 19.1 Å². The molecule has 4 aromatic heterocycles. The van der Waals surface area contributed by atoms with Crippen molar-refractivity contribution in [1.29, 1.82) is 5.26 Å². The second-order valence-corrected chi connectivity index (χ2v) is 12.4. The molecule has 4 unspecified atom stereocenters. The lowest BCUT2D eigenvalue weighted by molar-refractivity contribution is -0.0190. The number of aromatic nitrogens is 4. The third-order valence-corrected chi connectivity index (χ3v) is 9.87. The molecular weight excluding hydrogens is 575 g/mol. The average molecular weight is 611 g/mol. The van der Waals surface area contributed by atoms with Gasteiger partial charge in [-0.3, -0.25) is 9.80 Å². The minimum atomic E-state index is -0.384. The Morgan fingerprint density at radius 3 is 2.56 bits per heavy atom. The van der Waals surface area contributed by atoms with Crippen LogP contribution in [0.15, 0.2) is 49.1 Å². The van der Waals surface area contributed by atoms with E-state index < -0.39 is 0 Å². The van der Waals surface area contributed by atoms with Gasteiger partial charge in [-0.2, -0.15) is 10.4 Å². The lowest BCUT2D eigenvalue weighted by Gasteiger charge is -2.56. The van der Waals surface area contributed by atoms with Crippen LogP contribution >= 0.6 is 0 Å². The number of nitrogens with zero attached hydrogens (tertiary/aromatic N) is 8. The van der Waals surface area contributed by atoms with Gasteiger partial charge in [-0.1, -0.05) is 6.07 Å². The van der Waals surface area contributed by atoms with Gasteiger partial charge in [0.2, 0.25) is 5.88 Å². The largest absolute Gasteiger partial charge is 0.491 e. The number of nitriles is 1. The molecule has 9 heterocycles. The van der Waals surface area contributed by atoms with Gasteiger partial charge in [-0.25, -0.2) is 18.9 Å². The van der Waals surface area contributed by atoms with E-state index in [0.29, 0.717) is 83.5 Å². The van der Waals surface area contributed by atoms with Crippen LogP contribution in [-0.4, -0.2) is 100 Å². The van der Waals surface area contributed by atoms with Crippen LogP contribution in [0.3, 0.4) is 0 Å². The van der Waals surface area contributed by atoms with Gasteiger partial charge >= 0.3 is 0 Å². The van der Waals surface area contributed by atoms with Crippen molar-refractivity contribution < 1.29 is 18.6 Å². The number of rotatable bonds is 9. The summed E-state index contributed by atoms with van der Waals surface area (Å²) in [6, 6.07) is 11.1. The number of halogens is 1. The number of pyridine rings is 3. The number of piperidine rings is 1. The molecule has 4 atom stereocenters. The highest BCUT2D eigenvalue weighted by atomic mass is 19.1. The number of methoxy groups -OCH3 is 1. The molecule has 0 N–H and O–H groups in total. The lowest BCUT2D eigenvalue weighted by Crippen LogP contribution is -2.68. The first kappa shape index (κ1) is 28.2. The molecule has 11 nitrogen and oxygen atoms in total. The number of piperazine rings is 1. The maximum absolute atomic E-state index is 15.8. The zero-order valence-electron chi connectivity index (χ0n) is 25.2. The van der Waals surface area contributed by atoms with Gasteiger partial charge in [0.15, 0.2) is 11.6 Å².